The molecule has 58 valence electrons. The van der Waals surface area contributed by atoms with Crippen molar-refractivity contribution in [1.82, 2.24) is 4.90 Å². The molecule has 0 radical (unpaired) electrons. The molecule has 0 aromatic rings. The van der Waals surface area contributed by atoms with Crippen LogP contribution in [0.15, 0.2) is 12.3 Å². The molecule has 1 heterocycles. The molecule has 0 saturated heterocycles. The highest BCUT2D eigenvalue weighted by molar-refractivity contribution is 4.87. The summed E-state index contributed by atoms with van der Waals surface area (Å²) in [6, 6.07) is 0. The van der Waals surface area contributed by atoms with Gasteiger partial charge in [0, 0.05) is 13.1 Å². The maximum Gasteiger partial charge on any atom is 0.0175 e. The van der Waals surface area contributed by atoms with Crippen molar-refractivity contribution in [1.29, 1.82) is 0 Å². The highest BCUT2D eigenvalue weighted by Crippen LogP contribution is 2.06. The van der Waals surface area contributed by atoms with Crippen molar-refractivity contribution in [2.45, 2.75) is 32.6 Å². The Bertz CT molecular complexity index is 107. The molecule has 0 amide bonds. The zero-order chi connectivity index (χ0) is 7.23. The highest BCUT2D eigenvalue weighted by Gasteiger charge is 2.00. The molecule has 0 N–H and O–H groups in total. The van der Waals surface area contributed by atoms with Gasteiger partial charge in [-0.3, -0.25) is 0 Å². The van der Waals surface area contributed by atoms with Gasteiger partial charge >= 0.3 is 0 Å². The van der Waals surface area contributed by atoms with Crippen LogP contribution < -0.4 is 0 Å². The molecular weight excluding hydrogens is 122 g/mol. The first kappa shape index (κ1) is 7.64. The molecule has 1 aliphatic heterocycles. The van der Waals surface area contributed by atoms with Crippen LogP contribution in [0.5, 0.6) is 0 Å². The molecular formula is C9H17N. The molecule has 0 fully saturated rings. The maximum absolute atomic E-state index is 2.42. The van der Waals surface area contributed by atoms with Gasteiger partial charge < -0.3 is 4.90 Å². The van der Waals surface area contributed by atoms with Gasteiger partial charge in [-0.2, -0.15) is 0 Å². The predicted molar refractivity (Wildman–Crippen MR) is 44.9 cm³/mol. The van der Waals surface area contributed by atoms with E-state index in [1.165, 1.54) is 38.8 Å². The van der Waals surface area contributed by atoms with Gasteiger partial charge in [0.2, 0.25) is 0 Å². The Kier molecular flexibility index (Phi) is 3.34. The van der Waals surface area contributed by atoms with E-state index in [4.69, 9.17) is 0 Å². The largest absolute Gasteiger partial charge is 0.378 e. The van der Waals surface area contributed by atoms with Crippen molar-refractivity contribution < 1.29 is 0 Å². The molecule has 0 aromatic carbocycles. The topological polar surface area (TPSA) is 3.24 Å². The smallest absolute Gasteiger partial charge is 0.0175 e. The van der Waals surface area contributed by atoms with Crippen LogP contribution >= 0.6 is 0 Å². The summed E-state index contributed by atoms with van der Waals surface area (Å²) in [4.78, 5) is 2.42. The average Bonchev–Trinajstić information content (AvgIpc) is 2.03. The van der Waals surface area contributed by atoms with Crippen molar-refractivity contribution >= 4 is 0 Å². The Balaban J connectivity index is 2.13. The third-order valence-electron chi connectivity index (χ3n) is 1.93. The van der Waals surface area contributed by atoms with Gasteiger partial charge in [0.1, 0.15) is 0 Å². The van der Waals surface area contributed by atoms with E-state index in [2.05, 4.69) is 24.1 Å². The Labute approximate surface area is 63.7 Å². The predicted octanol–water partition coefficient (Wildman–Crippen LogP) is 2.40. The Morgan fingerprint density at radius 1 is 1.50 bits per heavy atom. The van der Waals surface area contributed by atoms with Crippen LogP contribution in [-0.2, 0) is 0 Å². The fraction of sp³-hybridized carbons (Fsp3) is 0.778. The molecule has 0 aliphatic carbocycles. The SMILES string of the molecule is CCCCN1C=CCCC1. The summed E-state index contributed by atoms with van der Waals surface area (Å²) in [6.07, 6.45) is 9.80. The Morgan fingerprint density at radius 3 is 3.00 bits per heavy atom. The van der Waals surface area contributed by atoms with Crippen molar-refractivity contribution in [3.8, 4) is 0 Å². The van der Waals surface area contributed by atoms with E-state index in [0.29, 0.717) is 0 Å². The lowest BCUT2D eigenvalue weighted by Crippen LogP contribution is -2.21. The van der Waals surface area contributed by atoms with E-state index in [1.807, 2.05) is 0 Å². The first-order valence-electron chi connectivity index (χ1n) is 4.34. The molecule has 1 heteroatoms. The zero-order valence-corrected chi connectivity index (χ0v) is 6.84. The van der Waals surface area contributed by atoms with Crippen LogP contribution in [0, 0.1) is 0 Å². The van der Waals surface area contributed by atoms with Crippen molar-refractivity contribution in [3.63, 3.8) is 0 Å². The van der Waals surface area contributed by atoms with Gasteiger partial charge in [-0.1, -0.05) is 19.4 Å². The third kappa shape index (κ3) is 2.42. The average molecular weight is 139 g/mol. The number of hydrogen-bond acceptors (Lipinski definition) is 1. The molecule has 0 unspecified atom stereocenters. The second-order valence-corrected chi connectivity index (χ2v) is 2.92. The van der Waals surface area contributed by atoms with E-state index < -0.39 is 0 Å². The fourth-order valence-corrected chi connectivity index (χ4v) is 1.26. The minimum Gasteiger partial charge on any atom is -0.378 e. The van der Waals surface area contributed by atoms with Crippen molar-refractivity contribution in [2.24, 2.45) is 0 Å². The molecule has 0 aromatic heterocycles. The molecule has 0 bridgehead atoms. The summed E-state index contributed by atoms with van der Waals surface area (Å²) in [7, 11) is 0. The summed E-state index contributed by atoms with van der Waals surface area (Å²) < 4.78 is 0. The van der Waals surface area contributed by atoms with Crippen molar-refractivity contribution in [3.05, 3.63) is 12.3 Å². The third-order valence-corrected chi connectivity index (χ3v) is 1.93. The normalized spacial score (nSPS) is 17.9. The second-order valence-electron chi connectivity index (χ2n) is 2.92. The lowest BCUT2D eigenvalue weighted by molar-refractivity contribution is 0.348. The maximum atomic E-state index is 2.42. The summed E-state index contributed by atoms with van der Waals surface area (Å²) in [5, 5.41) is 0. The molecule has 1 rings (SSSR count). The highest BCUT2D eigenvalue weighted by atomic mass is 15.1. The number of hydrogen-bond donors (Lipinski definition) is 0. The van der Waals surface area contributed by atoms with Crippen LogP contribution in [0.3, 0.4) is 0 Å². The summed E-state index contributed by atoms with van der Waals surface area (Å²) in [5.41, 5.74) is 0. The summed E-state index contributed by atoms with van der Waals surface area (Å²) in [6.45, 7) is 4.77. The zero-order valence-electron chi connectivity index (χ0n) is 6.84. The standard InChI is InChI=1S/C9H17N/c1-2-3-7-10-8-5-4-6-9-10/h5,8H,2-4,6-7,9H2,1H3. The van der Waals surface area contributed by atoms with Gasteiger partial charge in [0.25, 0.3) is 0 Å². The van der Waals surface area contributed by atoms with Crippen molar-refractivity contribution in [2.75, 3.05) is 13.1 Å². The van der Waals surface area contributed by atoms with E-state index in [1.54, 1.807) is 0 Å². The molecule has 0 atom stereocenters. The van der Waals surface area contributed by atoms with E-state index in [9.17, 15) is 0 Å². The summed E-state index contributed by atoms with van der Waals surface area (Å²) >= 11 is 0. The molecule has 1 aliphatic rings. The second kappa shape index (κ2) is 4.37. The van der Waals surface area contributed by atoms with Gasteiger partial charge in [-0.25, -0.2) is 0 Å². The minimum atomic E-state index is 1.26. The van der Waals surface area contributed by atoms with Gasteiger partial charge in [-0.15, -0.1) is 0 Å². The number of unbranched alkanes of at least 4 members (excludes halogenated alkanes) is 1. The van der Waals surface area contributed by atoms with Crippen LogP contribution in [0.25, 0.3) is 0 Å². The van der Waals surface area contributed by atoms with Crippen LogP contribution in [-0.4, -0.2) is 18.0 Å². The molecule has 0 spiro atoms. The quantitative estimate of drug-likeness (QED) is 0.580. The number of nitrogens with zero attached hydrogens (tertiary/aromatic N) is 1. The van der Waals surface area contributed by atoms with E-state index in [0.717, 1.165) is 0 Å². The Hall–Kier alpha value is -0.460. The van der Waals surface area contributed by atoms with Crippen LogP contribution in [0.1, 0.15) is 32.6 Å². The van der Waals surface area contributed by atoms with E-state index in [-0.39, 0.29) is 0 Å². The summed E-state index contributed by atoms with van der Waals surface area (Å²) in [5.74, 6) is 0. The Morgan fingerprint density at radius 2 is 2.40 bits per heavy atom. The first-order chi connectivity index (χ1) is 4.93. The molecule has 10 heavy (non-hydrogen) atoms. The van der Waals surface area contributed by atoms with Crippen LogP contribution in [0.4, 0.5) is 0 Å². The van der Waals surface area contributed by atoms with Gasteiger partial charge in [0.15, 0.2) is 0 Å². The molecule has 1 nitrogen and oxygen atoms in total. The van der Waals surface area contributed by atoms with Crippen LogP contribution in [0.2, 0.25) is 0 Å². The van der Waals surface area contributed by atoms with Gasteiger partial charge in [-0.05, 0) is 25.5 Å². The number of allylic oxidation sites excluding steroid dienone is 1. The number of rotatable bonds is 3. The lowest BCUT2D eigenvalue weighted by Gasteiger charge is -2.22. The fourth-order valence-electron chi connectivity index (χ4n) is 1.26. The monoisotopic (exact) mass is 139 g/mol. The first-order valence-corrected chi connectivity index (χ1v) is 4.34. The molecule has 0 saturated carbocycles. The minimum absolute atomic E-state index is 1.26. The lowest BCUT2D eigenvalue weighted by atomic mass is 10.2. The van der Waals surface area contributed by atoms with Gasteiger partial charge in [0.05, 0.1) is 0 Å². The van der Waals surface area contributed by atoms with E-state index >= 15 is 0 Å².